The minimum Gasteiger partial charge on any atom is -0.299 e. The molecular formula is C16H16BrNOS. The Morgan fingerprint density at radius 2 is 1.95 bits per heavy atom. The van der Waals surface area contributed by atoms with Crippen molar-refractivity contribution < 1.29 is 4.79 Å². The summed E-state index contributed by atoms with van der Waals surface area (Å²) in [5.74, 6) is 0.516. The summed E-state index contributed by atoms with van der Waals surface area (Å²) >= 11 is 5.13. The van der Waals surface area contributed by atoms with Gasteiger partial charge in [0, 0.05) is 15.3 Å². The number of aryl methyl sites for hydroxylation is 1. The maximum atomic E-state index is 12.5. The third-order valence-corrected chi connectivity index (χ3v) is 4.99. The Morgan fingerprint density at radius 3 is 2.50 bits per heavy atom. The van der Waals surface area contributed by atoms with Gasteiger partial charge in [-0.05, 0) is 49.6 Å². The first-order valence-corrected chi connectivity index (χ1v) is 8.37. The molecule has 0 spiro atoms. The van der Waals surface area contributed by atoms with E-state index < -0.39 is 0 Å². The Kier molecular flexibility index (Phi) is 3.94. The fourth-order valence-electron chi connectivity index (χ4n) is 2.15. The van der Waals surface area contributed by atoms with Gasteiger partial charge in [-0.25, -0.2) is 0 Å². The van der Waals surface area contributed by atoms with Gasteiger partial charge in [-0.3, -0.25) is 9.69 Å². The van der Waals surface area contributed by atoms with Gasteiger partial charge in [0.1, 0.15) is 0 Å². The van der Waals surface area contributed by atoms with E-state index >= 15 is 0 Å². The van der Waals surface area contributed by atoms with Gasteiger partial charge in [0.05, 0.1) is 11.5 Å². The molecule has 0 N–H and O–H groups in total. The highest BCUT2D eigenvalue weighted by molar-refractivity contribution is 9.10. The lowest BCUT2D eigenvalue weighted by Crippen LogP contribution is -2.30. The standard InChI is InChI=1S/C16H16BrNOS/c1-11-2-9-15(20-11)18(16(19)13-5-6-13)10-12-3-7-14(17)8-4-12/h2-4,7-9,13H,5-6,10H2,1H3. The summed E-state index contributed by atoms with van der Waals surface area (Å²) in [5.41, 5.74) is 1.16. The fourth-order valence-corrected chi connectivity index (χ4v) is 3.29. The number of hydrogen-bond donors (Lipinski definition) is 0. The molecule has 0 aliphatic heterocycles. The van der Waals surface area contributed by atoms with E-state index in [1.54, 1.807) is 11.3 Å². The molecule has 2 nitrogen and oxygen atoms in total. The third kappa shape index (κ3) is 3.13. The number of halogens is 1. The van der Waals surface area contributed by atoms with Crippen LogP contribution < -0.4 is 4.90 Å². The Labute approximate surface area is 131 Å². The van der Waals surface area contributed by atoms with Crippen LogP contribution in [0.25, 0.3) is 0 Å². The summed E-state index contributed by atoms with van der Waals surface area (Å²) in [5, 5.41) is 1.06. The Balaban J connectivity index is 1.85. The van der Waals surface area contributed by atoms with Crippen LogP contribution in [-0.2, 0) is 11.3 Å². The van der Waals surface area contributed by atoms with Crippen LogP contribution in [0.2, 0.25) is 0 Å². The van der Waals surface area contributed by atoms with Crippen molar-refractivity contribution in [3.63, 3.8) is 0 Å². The number of amides is 1. The van der Waals surface area contributed by atoms with Crippen LogP contribution in [0.3, 0.4) is 0 Å². The van der Waals surface area contributed by atoms with E-state index in [0.717, 1.165) is 27.9 Å². The molecule has 0 radical (unpaired) electrons. The number of anilines is 1. The van der Waals surface area contributed by atoms with Crippen molar-refractivity contribution in [2.24, 2.45) is 5.92 Å². The van der Waals surface area contributed by atoms with Gasteiger partial charge in [0.25, 0.3) is 0 Å². The van der Waals surface area contributed by atoms with Crippen molar-refractivity contribution >= 4 is 38.2 Å². The lowest BCUT2D eigenvalue weighted by Gasteiger charge is -2.21. The van der Waals surface area contributed by atoms with Gasteiger partial charge in [-0.1, -0.05) is 28.1 Å². The number of rotatable bonds is 4. The SMILES string of the molecule is Cc1ccc(N(Cc2ccc(Br)cc2)C(=O)C2CC2)s1. The number of thiophene rings is 1. The lowest BCUT2D eigenvalue weighted by atomic mass is 10.2. The van der Waals surface area contributed by atoms with Crippen LogP contribution >= 0.6 is 27.3 Å². The summed E-state index contributed by atoms with van der Waals surface area (Å²) < 4.78 is 1.06. The maximum absolute atomic E-state index is 12.5. The van der Waals surface area contributed by atoms with Crippen LogP contribution in [0.15, 0.2) is 40.9 Å². The zero-order chi connectivity index (χ0) is 14.1. The number of carbonyl (C=O) groups is 1. The van der Waals surface area contributed by atoms with E-state index in [0.29, 0.717) is 6.54 Å². The molecule has 1 aliphatic carbocycles. The minimum absolute atomic E-state index is 0.243. The number of hydrogen-bond acceptors (Lipinski definition) is 2. The summed E-state index contributed by atoms with van der Waals surface area (Å²) in [4.78, 5) is 15.7. The fraction of sp³-hybridized carbons (Fsp3) is 0.312. The topological polar surface area (TPSA) is 20.3 Å². The highest BCUT2D eigenvalue weighted by Crippen LogP contribution is 2.35. The largest absolute Gasteiger partial charge is 0.299 e. The van der Waals surface area contributed by atoms with Gasteiger partial charge in [0.15, 0.2) is 0 Å². The molecule has 4 heteroatoms. The molecule has 2 aromatic rings. The molecular weight excluding hydrogens is 334 g/mol. The molecule has 1 heterocycles. The Hall–Kier alpha value is -1.13. The average molecular weight is 350 g/mol. The zero-order valence-corrected chi connectivity index (χ0v) is 13.7. The van der Waals surface area contributed by atoms with Crippen molar-refractivity contribution in [3.05, 3.63) is 51.3 Å². The van der Waals surface area contributed by atoms with Crippen molar-refractivity contribution in [2.45, 2.75) is 26.3 Å². The van der Waals surface area contributed by atoms with Crippen LogP contribution in [0.4, 0.5) is 5.00 Å². The van der Waals surface area contributed by atoms with Gasteiger partial charge < -0.3 is 0 Å². The monoisotopic (exact) mass is 349 g/mol. The number of benzene rings is 1. The Morgan fingerprint density at radius 1 is 1.25 bits per heavy atom. The molecule has 1 fully saturated rings. The summed E-state index contributed by atoms with van der Waals surface area (Å²) in [6.07, 6.45) is 2.08. The minimum atomic E-state index is 0.243. The molecule has 0 atom stereocenters. The van der Waals surface area contributed by atoms with Crippen molar-refractivity contribution in [1.29, 1.82) is 0 Å². The first-order chi connectivity index (χ1) is 9.63. The lowest BCUT2D eigenvalue weighted by molar-refractivity contribution is -0.119. The molecule has 20 heavy (non-hydrogen) atoms. The highest BCUT2D eigenvalue weighted by Gasteiger charge is 2.34. The van der Waals surface area contributed by atoms with E-state index in [2.05, 4.69) is 47.1 Å². The molecule has 3 rings (SSSR count). The van der Waals surface area contributed by atoms with E-state index in [1.165, 1.54) is 4.88 Å². The van der Waals surface area contributed by atoms with Gasteiger partial charge in [0.2, 0.25) is 5.91 Å². The van der Waals surface area contributed by atoms with Gasteiger partial charge >= 0.3 is 0 Å². The van der Waals surface area contributed by atoms with Crippen LogP contribution in [0.1, 0.15) is 23.3 Å². The molecule has 1 saturated carbocycles. The van der Waals surface area contributed by atoms with E-state index in [4.69, 9.17) is 0 Å². The Bertz CT molecular complexity index is 616. The number of nitrogens with zero attached hydrogens (tertiary/aromatic N) is 1. The maximum Gasteiger partial charge on any atom is 0.231 e. The molecule has 104 valence electrons. The van der Waals surface area contributed by atoms with E-state index in [1.807, 2.05) is 17.0 Å². The molecule has 1 aromatic carbocycles. The summed E-state index contributed by atoms with van der Waals surface area (Å²) in [7, 11) is 0. The predicted molar refractivity (Wildman–Crippen MR) is 87.1 cm³/mol. The third-order valence-electron chi connectivity index (χ3n) is 3.44. The molecule has 0 saturated heterocycles. The van der Waals surface area contributed by atoms with E-state index in [9.17, 15) is 4.79 Å². The molecule has 1 aliphatic rings. The first-order valence-electron chi connectivity index (χ1n) is 6.76. The second-order valence-electron chi connectivity index (χ2n) is 5.21. The molecule has 1 amide bonds. The normalized spacial score (nSPS) is 14.3. The van der Waals surface area contributed by atoms with Crippen LogP contribution in [0, 0.1) is 12.8 Å². The van der Waals surface area contributed by atoms with Gasteiger partial charge in [-0.15, -0.1) is 11.3 Å². The zero-order valence-electron chi connectivity index (χ0n) is 11.3. The average Bonchev–Trinajstić information content (AvgIpc) is 3.20. The van der Waals surface area contributed by atoms with Crippen molar-refractivity contribution in [1.82, 2.24) is 0 Å². The molecule has 0 unspecified atom stereocenters. The van der Waals surface area contributed by atoms with Crippen molar-refractivity contribution in [3.8, 4) is 0 Å². The van der Waals surface area contributed by atoms with Crippen molar-refractivity contribution in [2.75, 3.05) is 4.90 Å². The van der Waals surface area contributed by atoms with Crippen LogP contribution in [-0.4, -0.2) is 5.91 Å². The summed E-state index contributed by atoms with van der Waals surface area (Å²) in [6.45, 7) is 2.73. The van der Waals surface area contributed by atoms with E-state index in [-0.39, 0.29) is 11.8 Å². The van der Waals surface area contributed by atoms with Crippen LogP contribution in [0.5, 0.6) is 0 Å². The first kappa shape index (κ1) is 13.8. The predicted octanol–water partition coefficient (Wildman–Crippen LogP) is 4.76. The second kappa shape index (κ2) is 5.70. The smallest absolute Gasteiger partial charge is 0.231 e. The second-order valence-corrected chi connectivity index (χ2v) is 7.39. The highest BCUT2D eigenvalue weighted by atomic mass is 79.9. The molecule has 1 aromatic heterocycles. The quantitative estimate of drug-likeness (QED) is 0.778. The number of carbonyl (C=O) groups excluding carboxylic acids is 1. The summed E-state index contributed by atoms with van der Waals surface area (Å²) in [6, 6.07) is 12.3. The van der Waals surface area contributed by atoms with Gasteiger partial charge in [-0.2, -0.15) is 0 Å². The molecule has 0 bridgehead atoms.